The molecule has 0 aromatic heterocycles. The van der Waals surface area contributed by atoms with Crippen molar-refractivity contribution in [3.63, 3.8) is 0 Å². The molecule has 0 radical (unpaired) electrons. The maximum atomic E-state index is 6.43. The molecule has 2 heterocycles. The molecule has 4 rings (SSSR count). The van der Waals surface area contributed by atoms with E-state index in [-0.39, 0.29) is 12.3 Å². The van der Waals surface area contributed by atoms with Crippen molar-refractivity contribution < 1.29 is 14.2 Å². The molecule has 7 heteroatoms. The van der Waals surface area contributed by atoms with E-state index in [4.69, 9.17) is 42.5 Å². The Morgan fingerprint density at radius 3 is 2.64 bits per heavy atom. The van der Waals surface area contributed by atoms with Gasteiger partial charge in [0, 0.05) is 29.0 Å². The van der Waals surface area contributed by atoms with E-state index >= 15 is 0 Å². The molecule has 28 heavy (non-hydrogen) atoms. The summed E-state index contributed by atoms with van der Waals surface area (Å²) in [4.78, 5) is 0. The average molecular weight is 421 g/mol. The van der Waals surface area contributed by atoms with Crippen LogP contribution in [-0.4, -0.2) is 31.2 Å². The predicted octanol–water partition coefficient (Wildman–Crippen LogP) is 5.68. The Morgan fingerprint density at radius 2 is 1.93 bits per heavy atom. The highest BCUT2D eigenvalue weighted by Gasteiger charge is 2.41. The molecule has 0 N–H and O–H groups in total. The van der Waals surface area contributed by atoms with Crippen LogP contribution in [-0.2, 0) is 0 Å². The van der Waals surface area contributed by atoms with Gasteiger partial charge in [-0.15, -0.1) is 0 Å². The van der Waals surface area contributed by atoms with Crippen LogP contribution in [0.5, 0.6) is 17.2 Å². The van der Waals surface area contributed by atoms with Crippen molar-refractivity contribution in [2.45, 2.75) is 38.5 Å². The third-order valence-electron chi connectivity index (χ3n) is 5.14. The fraction of sp³-hybridized carbons (Fsp3) is 0.381. The lowest BCUT2D eigenvalue weighted by Crippen LogP contribution is -2.40. The summed E-state index contributed by atoms with van der Waals surface area (Å²) < 4.78 is 17.0. The second-order valence-corrected chi connectivity index (χ2v) is 7.73. The normalized spacial score (nSPS) is 20.2. The van der Waals surface area contributed by atoms with Crippen molar-refractivity contribution >= 4 is 28.9 Å². The summed E-state index contributed by atoms with van der Waals surface area (Å²) in [5, 5.41) is 8.10. The molecule has 2 unspecified atom stereocenters. The third-order valence-corrected chi connectivity index (χ3v) is 5.64. The first-order valence-electron chi connectivity index (χ1n) is 9.29. The number of hydrogen-bond acceptors (Lipinski definition) is 5. The largest absolute Gasteiger partial charge is 0.493 e. The van der Waals surface area contributed by atoms with Gasteiger partial charge in [0.2, 0.25) is 0 Å². The molecular formula is C21H22Cl2N2O3. The zero-order chi connectivity index (χ0) is 19.8. The standard InChI is InChI=1S/C21H22Cl2N2O3/c1-4-5-20-25-17(14-9-13(22)10-15(23)21(14)28-20)11-16(24-25)12-6-7-18(26-2)19(8-12)27-3/h6-10,17,20H,4-5,11H2,1-3H3. The van der Waals surface area contributed by atoms with E-state index in [2.05, 4.69) is 6.92 Å². The van der Waals surface area contributed by atoms with Gasteiger partial charge in [0.15, 0.2) is 17.7 Å². The molecular weight excluding hydrogens is 399 g/mol. The van der Waals surface area contributed by atoms with Crippen LogP contribution in [0.25, 0.3) is 0 Å². The second kappa shape index (κ2) is 7.72. The van der Waals surface area contributed by atoms with E-state index in [1.807, 2.05) is 29.3 Å². The number of halogens is 2. The number of hydrogen-bond donors (Lipinski definition) is 0. The second-order valence-electron chi connectivity index (χ2n) is 6.88. The highest BCUT2D eigenvalue weighted by atomic mass is 35.5. The molecule has 2 atom stereocenters. The minimum Gasteiger partial charge on any atom is -0.493 e. The Morgan fingerprint density at radius 1 is 1.14 bits per heavy atom. The van der Waals surface area contributed by atoms with E-state index < -0.39 is 0 Å². The van der Waals surface area contributed by atoms with Crippen molar-refractivity contribution in [1.29, 1.82) is 0 Å². The fourth-order valence-corrected chi connectivity index (χ4v) is 4.37. The van der Waals surface area contributed by atoms with Gasteiger partial charge < -0.3 is 14.2 Å². The number of hydrazone groups is 1. The van der Waals surface area contributed by atoms with Gasteiger partial charge in [0.05, 0.1) is 31.0 Å². The van der Waals surface area contributed by atoms with Crippen LogP contribution >= 0.6 is 23.2 Å². The molecule has 0 fully saturated rings. The van der Waals surface area contributed by atoms with Gasteiger partial charge in [0.25, 0.3) is 0 Å². The Bertz CT molecular complexity index is 932. The van der Waals surface area contributed by atoms with Crippen LogP contribution in [0.2, 0.25) is 10.0 Å². The maximum absolute atomic E-state index is 6.43. The van der Waals surface area contributed by atoms with Gasteiger partial charge in [-0.1, -0.05) is 36.5 Å². The molecule has 2 aliphatic rings. The van der Waals surface area contributed by atoms with Gasteiger partial charge in [-0.2, -0.15) is 5.10 Å². The van der Waals surface area contributed by atoms with Gasteiger partial charge in [-0.05, 0) is 30.3 Å². The maximum Gasteiger partial charge on any atom is 0.187 e. The molecule has 0 bridgehead atoms. The quantitative estimate of drug-likeness (QED) is 0.623. The predicted molar refractivity (Wildman–Crippen MR) is 111 cm³/mol. The van der Waals surface area contributed by atoms with Crippen molar-refractivity contribution in [1.82, 2.24) is 5.01 Å². The van der Waals surface area contributed by atoms with Crippen molar-refractivity contribution in [3.8, 4) is 17.2 Å². The Kier molecular flexibility index (Phi) is 5.30. The Hall–Kier alpha value is -2.11. The number of rotatable bonds is 5. The summed E-state index contributed by atoms with van der Waals surface area (Å²) in [6.07, 6.45) is 2.43. The number of ether oxygens (including phenoxy) is 3. The Labute approximate surface area is 174 Å². The first-order chi connectivity index (χ1) is 13.5. The first-order valence-corrected chi connectivity index (χ1v) is 10.0. The lowest BCUT2D eigenvalue weighted by molar-refractivity contribution is -0.0222. The number of methoxy groups -OCH3 is 2. The van der Waals surface area contributed by atoms with E-state index in [1.165, 1.54) is 0 Å². The number of fused-ring (bicyclic) bond motifs is 3. The lowest BCUT2D eigenvalue weighted by Gasteiger charge is -2.38. The van der Waals surface area contributed by atoms with Gasteiger partial charge >= 0.3 is 0 Å². The third kappa shape index (κ3) is 3.27. The van der Waals surface area contributed by atoms with Crippen LogP contribution < -0.4 is 14.2 Å². The SMILES string of the molecule is CCCC1Oc2c(Cl)cc(Cl)cc2C2CC(c3ccc(OC)c(OC)c3)=NN12. The molecule has 0 saturated heterocycles. The van der Waals surface area contributed by atoms with Crippen molar-refractivity contribution in [2.24, 2.45) is 5.10 Å². The average Bonchev–Trinajstić information content (AvgIpc) is 3.14. The summed E-state index contributed by atoms with van der Waals surface area (Å²) in [5.41, 5.74) is 2.95. The fourth-order valence-electron chi connectivity index (χ4n) is 3.82. The van der Waals surface area contributed by atoms with E-state index in [1.54, 1.807) is 20.3 Å². The summed E-state index contributed by atoms with van der Waals surface area (Å²) in [5.74, 6) is 2.09. The highest BCUT2D eigenvalue weighted by Crippen LogP contribution is 2.48. The minimum atomic E-state index is -0.154. The molecule has 0 aliphatic carbocycles. The Balaban J connectivity index is 1.74. The highest BCUT2D eigenvalue weighted by molar-refractivity contribution is 6.35. The summed E-state index contributed by atoms with van der Waals surface area (Å²) in [6.45, 7) is 2.13. The summed E-state index contributed by atoms with van der Waals surface area (Å²) >= 11 is 12.7. The van der Waals surface area contributed by atoms with Gasteiger partial charge in [-0.25, -0.2) is 0 Å². The number of nitrogens with zero attached hydrogens (tertiary/aromatic N) is 2. The summed E-state index contributed by atoms with van der Waals surface area (Å²) in [7, 11) is 3.26. The molecule has 2 aromatic carbocycles. The van der Waals surface area contributed by atoms with E-state index in [0.29, 0.717) is 21.5 Å². The zero-order valence-electron chi connectivity index (χ0n) is 16.0. The monoisotopic (exact) mass is 420 g/mol. The van der Waals surface area contributed by atoms with Gasteiger partial charge in [-0.3, -0.25) is 5.01 Å². The van der Waals surface area contributed by atoms with Crippen LogP contribution in [0.15, 0.2) is 35.4 Å². The lowest BCUT2D eigenvalue weighted by atomic mass is 9.96. The molecule has 0 spiro atoms. The van der Waals surface area contributed by atoms with Gasteiger partial charge in [0.1, 0.15) is 5.75 Å². The van der Waals surface area contributed by atoms with Crippen molar-refractivity contribution in [3.05, 3.63) is 51.5 Å². The molecule has 148 valence electrons. The molecule has 0 amide bonds. The van der Waals surface area contributed by atoms with Crippen LogP contribution in [0.4, 0.5) is 0 Å². The topological polar surface area (TPSA) is 43.3 Å². The number of benzene rings is 2. The molecule has 2 aromatic rings. The smallest absolute Gasteiger partial charge is 0.187 e. The van der Waals surface area contributed by atoms with Crippen molar-refractivity contribution in [2.75, 3.05) is 14.2 Å². The van der Waals surface area contributed by atoms with Crippen LogP contribution in [0, 0.1) is 0 Å². The molecule has 5 nitrogen and oxygen atoms in total. The van der Waals surface area contributed by atoms with Crippen LogP contribution in [0.3, 0.4) is 0 Å². The molecule has 2 aliphatic heterocycles. The van der Waals surface area contributed by atoms with E-state index in [9.17, 15) is 0 Å². The zero-order valence-corrected chi connectivity index (χ0v) is 17.5. The minimum absolute atomic E-state index is 0.0413. The van der Waals surface area contributed by atoms with E-state index in [0.717, 1.165) is 41.9 Å². The first kappa shape index (κ1) is 19.2. The molecule has 0 saturated carbocycles. The summed E-state index contributed by atoms with van der Waals surface area (Å²) in [6, 6.07) is 9.55. The van der Waals surface area contributed by atoms with Crippen LogP contribution in [0.1, 0.15) is 43.4 Å².